The molecule has 0 aliphatic rings. The minimum Gasteiger partial charge on any atom is -0.496 e. The molecule has 0 saturated heterocycles. The number of hydrogen-bond acceptors (Lipinski definition) is 2. The molecule has 0 aliphatic carbocycles. The molecule has 0 spiro atoms. The van der Waals surface area contributed by atoms with E-state index in [2.05, 4.69) is 0 Å². The zero-order valence-electron chi connectivity index (χ0n) is 11.1. The Morgan fingerprint density at radius 2 is 1.53 bits per heavy atom. The van der Waals surface area contributed by atoms with Gasteiger partial charge in [-0.3, -0.25) is 4.79 Å². The Hall–Kier alpha value is -2.35. The molecule has 2 rings (SSSR count). The average molecular weight is 252 g/mol. The number of benzene rings is 2. The highest BCUT2D eigenvalue weighted by molar-refractivity contribution is 5.98. The van der Waals surface area contributed by atoms with E-state index in [0.717, 1.165) is 22.4 Å². The Morgan fingerprint density at radius 1 is 0.947 bits per heavy atom. The van der Waals surface area contributed by atoms with Crippen LogP contribution in [0.15, 0.2) is 48.5 Å². The van der Waals surface area contributed by atoms with E-state index in [1.54, 1.807) is 14.0 Å². The van der Waals surface area contributed by atoms with E-state index in [9.17, 15) is 4.79 Å². The van der Waals surface area contributed by atoms with Crippen molar-refractivity contribution in [1.82, 2.24) is 0 Å². The van der Waals surface area contributed by atoms with Gasteiger partial charge in [0.2, 0.25) is 0 Å². The fraction of sp³-hybridized carbons (Fsp3) is 0.118. The number of methoxy groups -OCH3 is 1. The topological polar surface area (TPSA) is 26.3 Å². The second-order valence-electron chi connectivity index (χ2n) is 4.22. The summed E-state index contributed by atoms with van der Waals surface area (Å²) >= 11 is 0. The minimum absolute atomic E-state index is 0.0697. The molecule has 0 radical (unpaired) electrons. The Balaban J connectivity index is 2.35. The van der Waals surface area contributed by atoms with Crippen LogP contribution in [0.4, 0.5) is 0 Å². The van der Waals surface area contributed by atoms with Gasteiger partial charge in [-0.2, -0.15) is 0 Å². The third-order valence-electron chi connectivity index (χ3n) is 2.92. The van der Waals surface area contributed by atoms with Gasteiger partial charge in [0.25, 0.3) is 0 Å². The molecule has 2 heteroatoms. The van der Waals surface area contributed by atoms with Crippen LogP contribution in [0.2, 0.25) is 0 Å². The van der Waals surface area contributed by atoms with Gasteiger partial charge in [-0.25, -0.2) is 0 Å². The first-order chi connectivity index (χ1) is 9.22. The predicted octanol–water partition coefficient (Wildman–Crippen LogP) is 4.07. The molecule has 0 atom stereocenters. The average Bonchev–Trinajstić information content (AvgIpc) is 2.45. The molecular weight excluding hydrogens is 236 g/mol. The van der Waals surface area contributed by atoms with E-state index in [0.29, 0.717) is 0 Å². The van der Waals surface area contributed by atoms with Crippen molar-refractivity contribution in [2.75, 3.05) is 7.11 Å². The lowest BCUT2D eigenvalue weighted by molar-refractivity contribution is 0.101. The Morgan fingerprint density at radius 3 is 2.21 bits per heavy atom. The zero-order valence-corrected chi connectivity index (χ0v) is 11.1. The van der Waals surface area contributed by atoms with E-state index in [-0.39, 0.29) is 5.78 Å². The lowest BCUT2D eigenvalue weighted by Gasteiger charge is -2.04. The van der Waals surface area contributed by atoms with Gasteiger partial charge in [-0.15, -0.1) is 0 Å². The van der Waals surface area contributed by atoms with Gasteiger partial charge >= 0.3 is 0 Å². The van der Waals surface area contributed by atoms with Crippen LogP contribution in [-0.4, -0.2) is 12.9 Å². The molecule has 2 nitrogen and oxygen atoms in total. The maximum atomic E-state index is 11.5. The van der Waals surface area contributed by atoms with Crippen LogP contribution < -0.4 is 4.74 Å². The summed E-state index contributed by atoms with van der Waals surface area (Å²) in [6.45, 7) is 1.58. The van der Waals surface area contributed by atoms with Crippen molar-refractivity contribution in [2.24, 2.45) is 0 Å². The molecule has 0 saturated carbocycles. The lowest BCUT2D eigenvalue weighted by atomic mass is 10.0. The van der Waals surface area contributed by atoms with Crippen LogP contribution in [-0.2, 0) is 0 Å². The van der Waals surface area contributed by atoms with Gasteiger partial charge < -0.3 is 4.74 Å². The summed E-state index contributed by atoms with van der Waals surface area (Å²) in [6, 6.07) is 15.3. The van der Waals surface area contributed by atoms with Crippen molar-refractivity contribution in [3.8, 4) is 5.75 Å². The summed E-state index contributed by atoms with van der Waals surface area (Å²) in [5.41, 5.74) is 2.64. The third kappa shape index (κ3) is 3.10. The summed E-state index contributed by atoms with van der Waals surface area (Å²) < 4.78 is 5.29. The molecule has 0 N–H and O–H groups in total. The van der Waals surface area contributed by atoms with Crippen LogP contribution in [0, 0.1) is 0 Å². The maximum Gasteiger partial charge on any atom is 0.160 e. The number of ketones is 1. The smallest absolute Gasteiger partial charge is 0.160 e. The Labute approximate surface area is 113 Å². The van der Waals surface area contributed by atoms with Gasteiger partial charge in [0.1, 0.15) is 5.75 Å². The number of carbonyl (C=O) groups excluding carboxylic acids is 1. The molecule has 0 unspecified atom stereocenters. The lowest BCUT2D eigenvalue weighted by Crippen LogP contribution is -1.94. The number of rotatable bonds is 4. The molecule has 2 aromatic rings. The SMILES string of the molecule is COc1ccccc1/C=C/c1ccccc1C(C)=O. The second-order valence-corrected chi connectivity index (χ2v) is 4.22. The quantitative estimate of drug-likeness (QED) is 0.605. The standard InChI is InChI=1S/C17H16O2/c1-13(18)16-9-5-3-7-14(16)11-12-15-8-4-6-10-17(15)19-2/h3-12H,1-2H3/b12-11+. The molecule has 0 aliphatic heterocycles. The van der Waals surface area contributed by atoms with Crippen molar-refractivity contribution in [3.05, 3.63) is 65.2 Å². The van der Waals surface area contributed by atoms with E-state index in [1.165, 1.54) is 0 Å². The maximum absolute atomic E-state index is 11.5. The zero-order chi connectivity index (χ0) is 13.7. The molecule has 0 amide bonds. The molecular formula is C17H16O2. The van der Waals surface area contributed by atoms with Crippen LogP contribution in [0.5, 0.6) is 5.75 Å². The summed E-state index contributed by atoms with van der Waals surface area (Å²) in [5, 5.41) is 0. The number of para-hydroxylation sites is 1. The molecule has 0 aromatic heterocycles. The fourth-order valence-corrected chi connectivity index (χ4v) is 1.95. The summed E-state index contributed by atoms with van der Waals surface area (Å²) in [6.07, 6.45) is 3.90. The second kappa shape index (κ2) is 6.01. The van der Waals surface area contributed by atoms with Crippen LogP contribution in [0.3, 0.4) is 0 Å². The highest BCUT2D eigenvalue weighted by Gasteiger charge is 2.03. The van der Waals surface area contributed by atoms with E-state index < -0.39 is 0 Å². The number of Topliss-reactive ketones (excluding diaryl/α,β-unsaturated/α-hetero) is 1. The van der Waals surface area contributed by atoms with Crippen molar-refractivity contribution in [3.63, 3.8) is 0 Å². The largest absolute Gasteiger partial charge is 0.496 e. The van der Waals surface area contributed by atoms with E-state index >= 15 is 0 Å². The number of hydrogen-bond donors (Lipinski definition) is 0. The van der Waals surface area contributed by atoms with Gasteiger partial charge in [0.05, 0.1) is 7.11 Å². The van der Waals surface area contributed by atoms with E-state index in [4.69, 9.17) is 4.74 Å². The van der Waals surface area contributed by atoms with Crippen molar-refractivity contribution >= 4 is 17.9 Å². The first-order valence-corrected chi connectivity index (χ1v) is 6.13. The molecule has 0 heterocycles. The summed E-state index contributed by atoms with van der Waals surface area (Å²) in [5.74, 6) is 0.888. The first-order valence-electron chi connectivity index (χ1n) is 6.13. The first kappa shape index (κ1) is 13.1. The third-order valence-corrected chi connectivity index (χ3v) is 2.92. The molecule has 96 valence electrons. The van der Waals surface area contributed by atoms with Gasteiger partial charge in [0.15, 0.2) is 5.78 Å². The monoisotopic (exact) mass is 252 g/mol. The highest BCUT2D eigenvalue weighted by atomic mass is 16.5. The number of carbonyl (C=O) groups is 1. The minimum atomic E-state index is 0.0697. The van der Waals surface area contributed by atoms with Crippen molar-refractivity contribution in [1.29, 1.82) is 0 Å². The van der Waals surface area contributed by atoms with Crippen molar-refractivity contribution in [2.45, 2.75) is 6.92 Å². The van der Waals surface area contributed by atoms with Gasteiger partial charge in [-0.05, 0) is 18.6 Å². The highest BCUT2D eigenvalue weighted by Crippen LogP contribution is 2.21. The molecule has 19 heavy (non-hydrogen) atoms. The van der Waals surface area contributed by atoms with Crippen LogP contribution in [0.1, 0.15) is 28.4 Å². The summed E-state index contributed by atoms with van der Waals surface area (Å²) in [7, 11) is 1.65. The van der Waals surface area contributed by atoms with Gasteiger partial charge in [-0.1, -0.05) is 54.6 Å². The van der Waals surface area contributed by atoms with Crippen LogP contribution >= 0.6 is 0 Å². The predicted molar refractivity (Wildman–Crippen MR) is 78.4 cm³/mol. The number of ether oxygens (including phenoxy) is 1. The van der Waals surface area contributed by atoms with Gasteiger partial charge in [0, 0.05) is 11.1 Å². The summed E-state index contributed by atoms with van der Waals surface area (Å²) in [4.78, 5) is 11.5. The Bertz CT molecular complexity index is 612. The molecule has 0 fully saturated rings. The van der Waals surface area contributed by atoms with Crippen molar-refractivity contribution < 1.29 is 9.53 Å². The van der Waals surface area contributed by atoms with E-state index in [1.807, 2.05) is 60.7 Å². The van der Waals surface area contributed by atoms with Crippen LogP contribution in [0.25, 0.3) is 12.2 Å². The molecule has 0 bridgehead atoms. The normalized spacial score (nSPS) is 10.6. The molecule has 2 aromatic carbocycles. The Kier molecular flexibility index (Phi) is 4.14. The fourth-order valence-electron chi connectivity index (χ4n) is 1.95.